The van der Waals surface area contributed by atoms with Crippen molar-refractivity contribution in [1.29, 1.82) is 0 Å². The molecule has 0 saturated heterocycles. The molecule has 0 fully saturated rings. The zero-order valence-electron chi connectivity index (χ0n) is 14.6. The van der Waals surface area contributed by atoms with E-state index in [1.54, 1.807) is 0 Å². The Morgan fingerprint density at radius 2 is 1.76 bits per heavy atom. The average molecular weight is 423 g/mol. The zero-order chi connectivity index (χ0) is 21.0. The van der Waals surface area contributed by atoms with Gasteiger partial charge in [-0.2, -0.15) is 13.2 Å². The number of thiazole rings is 1. The van der Waals surface area contributed by atoms with Crippen molar-refractivity contribution in [2.45, 2.75) is 12.6 Å². The van der Waals surface area contributed by atoms with Crippen LogP contribution in [0.25, 0.3) is 10.6 Å². The number of rotatable bonds is 4. The van der Waals surface area contributed by atoms with E-state index >= 15 is 0 Å². The average Bonchev–Trinajstić information content (AvgIpc) is 3.18. The summed E-state index contributed by atoms with van der Waals surface area (Å²) in [5, 5.41) is 1.61. The van der Waals surface area contributed by atoms with Crippen molar-refractivity contribution >= 4 is 23.2 Å². The number of hydrogen-bond acceptors (Lipinski definition) is 4. The lowest BCUT2D eigenvalue weighted by Gasteiger charge is -2.07. The van der Waals surface area contributed by atoms with Gasteiger partial charge in [0.05, 0.1) is 12.0 Å². The molecule has 2 aromatic carbocycles. The fraction of sp³-hybridized carbons (Fsp3) is 0.105. The number of carbonyl (C=O) groups excluding carboxylic acids is 2. The van der Waals surface area contributed by atoms with Crippen LogP contribution in [0.5, 0.6) is 0 Å². The summed E-state index contributed by atoms with van der Waals surface area (Å²) < 4.78 is 51.3. The lowest BCUT2D eigenvalue weighted by atomic mass is 10.1. The van der Waals surface area contributed by atoms with Gasteiger partial charge in [0.15, 0.2) is 0 Å². The summed E-state index contributed by atoms with van der Waals surface area (Å²) >= 11 is 1.00. The number of amides is 2. The van der Waals surface area contributed by atoms with E-state index in [4.69, 9.17) is 0 Å². The lowest BCUT2D eigenvalue weighted by Crippen LogP contribution is -2.42. The molecular weight excluding hydrogens is 410 g/mol. The number of nitrogens with zero attached hydrogens (tertiary/aromatic N) is 1. The number of aromatic nitrogens is 1. The summed E-state index contributed by atoms with van der Waals surface area (Å²) in [6, 6.07) is 9.93. The van der Waals surface area contributed by atoms with Crippen LogP contribution in [0, 0.1) is 5.82 Å². The molecule has 3 aromatic rings. The molecule has 150 valence electrons. The number of hydrazine groups is 1. The first-order valence-corrected chi connectivity index (χ1v) is 9.07. The first kappa shape index (κ1) is 20.5. The Bertz CT molecular complexity index is 1030. The number of hydrogen-bond donors (Lipinski definition) is 2. The third-order valence-corrected chi connectivity index (χ3v) is 4.66. The van der Waals surface area contributed by atoms with E-state index in [0.29, 0.717) is 5.56 Å². The minimum atomic E-state index is -4.48. The first-order valence-electron chi connectivity index (χ1n) is 8.19. The van der Waals surface area contributed by atoms with Crippen LogP contribution in [0.3, 0.4) is 0 Å². The fourth-order valence-electron chi connectivity index (χ4n) is 2.36. The largest absolute Gasteiger partial charge is 0.416 e. The maximum absolute atomic E-state index is 12.9. The smallest absolute Gasteiger partial charge is 0.273 e. The van der Waals surface area contributed by atoms with E-state index in [-0.39, 0.29) is 22.7 Å². The first-order chi connectivity index (χ1) is 13.7. The fourth-order valence-corrected chi connectivity index (χ4v) is 3.16. The number of alkyl halides is 3. The zero-order valence-corrected chi connectivity index (χ0v) is 15.4. The SMILES string of the molecule is O=C(Cc1ccc(F)cc1)NNC(=O)c1csc(-c2cccc(C(F)(F)F)c2)n1. The molecule has 2 amide bonds. The van der Waals surface area contributed by atoms with Crippen LogP contribution >= 0.6 is 11.3 Å². The summed E-state index contributed by atoms with van der Waals surface area (Å²) in [6.45, 7) is 0. The Hall–Kier alpha value is -3.27. The Kier molecular flexibility index (Phi) is 5.92. The van der Waals surface area contributed by atoms with Gasteiger partial charge in [-0.15, -0.1) is 11.3 Å². The van der Waals surface area contributed by atoms with Crippen LogP contribution in [-0.4, -0.2) is 16.8 Å². The molecule has 0 unspecified atom stereocenters. The van der Waals surface area contributed by atoms with E-state index in [2.05, 4.69) is 15.8 Å². The van der Waals surface area contributed by atoms with E-state index in [1.807, 2.05) is 0 Å². The second-order valence-corrected chi connectivity index (χ2v) is 6.78. The molecule has 2 N–H and O–H groups in total. The van der Waals surface area contributed by atoms with Gasteiger partial charge in [0.25, 0.3) is 5.91 Å². The third-order valence-electron chi connectivity index (χ3n) is 3.77. The normalized spacial score (nSPS) is 11.2. The highest BCUT2D eigenvalue weighted by atomic mass is 32.1. The van der Waals surface area contributed by atoms with E-state index in [0.717, 1.165) is 23.5 Å². The van der Waals surface area contributed by atoms with Gasteiger partial charge in [-0.1, -0.05) is 24.3 Å². The van der Waals surface area contributed by atoms with Crippen molar-refractivity contribution in [3.8, 4) is 10.6 Å². The van der Waals surface area contributed by atoms with Crippen LogP contribution in [0.4, 0.5) is 17.6 Å². The summed E-state index contributed by atoms with van der Waals surface area (Å²) in [7, 11) is 0. The molecule has 1 heterocycles. The Morgan fingerprint density at radius 1 is 1.03 bits per heavy atom. The van der Waals surface area contributed by atoms with Gasteiger partial charge in [-0.25, -0.2) is 9.37 Å². The van der Waals surface area contributed by atoms with Crippen molar-refractivity contribution in [1.82, 2.24) is 15.8 Å². The van der Waals surface area contributed by atoms with Gasteiger partial charge in [0.2, 0.25) is 5.91 Å². The number of halogens is 4. The van der Waals surface area contributed by atoms with Crippen molar-refractivity contribution < 1.29 is 27.2 Å². The molecule has 0 atom stereocenters. The van der Waals surface area contributed by atoms with E-state index in [9.17, 15) is 27.2 Å². The Labute approximate surface area is 166 Å². The summed E-state index contributed by atoms with van der Waals surface area (Å²) in [5.41, 5.74) is 4.30. The molecule has 3 rings (SSSR count). The highest BCUT2D eigenvalue weighted by Crippen LogP contribution is 2.33. The van der Waals surface area contributed by atoms with E-state index < -0.39 is 29.4 Å². The number of carbonyl (C=O) groups is 2. The Morgan fingerprint density at radius 3 is 2.45 bits per heavy atom. The van der Waals surface area contributed by atoms with Crippen LogP contribution in [0.15, 0.2) is 53.9 Å². The minimum absolute atomic E-state index is 0.0514. The minimum Gasteiger partial charge on any atom is -0.273 e. The number of benzene rings is 2. The molecule has 0 spiro atoms. The van der Waals surface area contributed by atoms with Gasteiger partial charge in [-0.3, -0.25) is 20.4 Å². The van der Waals surface area contributed by atoms with E-state index in [1.165, 1.54) is 41.8 Å². The van der Waals surface area contributed by atoms with Crippen molar-refractivity contribution in [2.75, 3.05) is 0 Å². The highest BCUT2D eigenvalue weighted by Gasteiger charge is 2.30. The van der Waals surface area contributed by atoms with Crippen molar-refractivity contribution in [3.05, 3.63) is 76.5 Å². The van der Waals surface area contributed by atoms with Crippen LogP contribution in [0.2, 0.25) is 0 Å². The van der Waals surface area contributed by atoms with Crippen LogP contribution in [-0.2, 0) is 17.4 Å². The standard InChI is InChI=1S/C19H13F4N3O2S/c20-14-6-4-11(5-7-14)8-16(27)25-26-17(28)15-10-29-18(24-15)12-2-1-3-13(9-12)19(21,22)23/h1-7,9-10H,8H2,(H,25,27)(H,26,28). The quantitative estimate of drug-likeness (QED) is 0.493. The molecule has 5 nitrogen and oxygen atoms in total. The molecule has 0 radical (unpaired) electrons. The molecule has 0 aliphatic heterocycles. The van der Waals surface area contributed by atoms with Gasteiger partial charge in [0.1, 0.15) is 16.5 Å². The summed E-state index contributed by atoms with van der Waals surface area (Å²) in [4.78, 5) is 28.0. The van der Waals surface area contributed by atoms with Gasteiger partial charge >= 0.3 is 6.18 Å². The monoisotopic (exact) mass is 423 g/mol. The molecular formula is C19H13F4N3O2S. The molecule has 10 heteroatoms. The molecule has 29 heavy (non-hydrogen) atoms. The number of nitrogens with one attached hydrogen (secondary N) is 2. The predicted molar refractivity (Wildman–Crippen MR) is 98.3 cm³/mol. The van der Waals surface area contributed by atoms with Crippen molar-refractivity contribution in [3.63, 3.8) is 0 Å². The van der Waals surface area contributed by atoms with Gasteiger partial charge in [-0.05, 0) is 29.8 Å². The van der Waals surface area contributed by atoms with Crippen LogP contribution in [0.1, 0.15) is 21.6 Å². The maximum Gasteiger partial charge on any atom is 0.416 e. The second-order valence-electron chi connectivity index (χ2n) is 5.92. The van der Waals surface area contributed by atoms with Crippen LogP contribution < -0.4 is 10.9 Å². The molecule has 0 bridgehead atoms. The molecule has 1 aromatic heterocycles. The van der Waals surface area contributed by atoms with Gasteiger partial charge < -0.3 is 0 Å². The molecule has 0 aliphatic rings. The lowest BCUT2D eigenvalue weighted by molar-refractivity contribution is -0.137. The third kappa shape index (κ3) is 5.38. The second kappa shape index (κ2) is 8.39. The summed E-state index contributed by atoms with van der Waals surface area (Å²) in [5.74, 6) is -1.67. The predicted octanol–water partition coefficient (Wildman–Crippen LogP) is 3.97. The van der Waals surface area contributed by atoms with Crippen molar-refractivity contribution in [2.24, 2.45) is 0 Å². The topological polar surface area (TPSA) is 71.1 Å². The van der Waals surface area contributed by atoms with Gasteiger partial charge in [0, 0.05) is 10.9 Å². The summed E-state index contributed by atoms with van der Waals surface area (Å²) in [6.07, 6.45) is -4.56. The maximum atomic E-state index is 12.9. The molecule has 0 saturated carbocycles. The highest BCUT2D eigenvalue weighted by molar-refractivity contribution is 7.13. The molecule has 0 aliphatic carbocycles. The Balaban J connectivity index is 1.61.